The molecular weight excluding hydrogens is 362 g/mol. The van der Waals surface area contributed by atoms with E-state index in [1.165, 1.54) is 6.33 Å². The van der Waals surface area contributed by atoms with Gasteiger partial charge >= 0.3 is 0 Å². The van der Waals surface area contributed by atoms with E-state index in [0.29, 0.717) is 28.6 Å². The molecule has 0 radical (unpaired) electrons. The topological polar surface area (TPSA) is 84.0 Å². The molecule has 0 saturated carbocycles. The van der Waals surface area contributed by atoms with Gasteiger partial charge in [-0.1, -0.05) is 6.07 Å². The van der Waals surface area contributed by atoms with Crippen LogP contribution in [0.3, 0.4) is 0 Å². The van der Waals surface area contributed by atoms with Gasteiger partial charge in [0.05, 0.1) is 32.8 Å². The lowest BCUT2D eigenvalue weighted by Gasteiger charge is -2.19. The molecule has 1 aromatic heterocycles. The predicted molar refractivity (Wildman–Crippen MR) is 104 cm³/mol. The normalized spacial score (nSPS) is 13.3. The molecule has 3 aromatic rings. The maximum absolute atomic E-state index is 5.53. The summed E-state index contributed by atoms with van der Waals surface area (Å²) in [4.78, 5) is 8.80. The average Bonchev–Trinajstić information content (AvgIpc) is 3.20. The standard InChI is InChI=1S/C20H21N3O5/c1-11(12-5-6-14-15(7-12)28-10-27-14)23-20-13-8-16(24-2)18(25-3)19(26-4)17(13)21-9-22-20/h5-9,11H,10H2,1-4H3,(H,21,22,23). The predicted octanol–water partition coefficient (Wildman–Crippen LogP) is 3.56. The number of anilines is 1. The molecule has 2 aromatic carbocycles. The molecule has 0 amide bonds. The number of nitrogens with zero attached hydrogens (tertiary/aromatic N) is 2. The summed E-state index contributed by atoms with van der Waals surface area (Å²) < 4.78 is 27.3. The Morgan fingerprint density at radius 1 is 0.964 bits per heavy atom. The maximum atomic E-state index is 5.53. The SMILES string of the molecule is COc1cc2c(NC(C)c3ccc4c(c3)OCO4)ncnc2c(OC)c1OC. The Morgan fingerprint density at radius 3 is 2.50 bits per heavy atom. The lowest BCUT2D eigenvalue weighted by Crippen LogP contribution is -2.09. The molecule has 146 valence electrons. The second kappa shape index (κ2) is 7.30. The highest BCUT2D eigenvalue weighted by molar-refractivity contribution is 5.96. The van der Waals surface area contributed by atoms with Crippen molar-refractivity contribution < 1.29 is 23.7 Å². The number of hydrogen-bond donors (Lipinski definition) is 1. The van der Waals surface area contributed by atoms with E-state index in [0.717, 1.165) is 22.4 Å². The molecule has 28 heavy (non-hydrogen) atoms. The van der Waals surface area contributed by atoms with Crippen LogP contribution in [0.1, 0.15) is 18.5 Å². The van der Waals surface area contributed by atoms with E-state index in [-0.39, 0.29) is 12.8 Å². The third kappa shape index (κ3) is 2.96. The third-order valence-corrected chi connectivity index (χ3v) is 4.68. The molecule has 1 aliphatic heterocycles. The summed E-state index contributed by atoms with van der Waals surface area (Å²) in [7, 11) is 4.71. The molecule has 0 fully saturated rings. The van der Waals surface area contributed by atoms with Gasteiger partial charge in [0.2, 0.25) is 12.5 Å². The Kier molecular flexibility index (Phi) is 4.68. The number of aromatic nitrogens is 2. The minimum Gasteiger partial charge on any atom is -0.493 e. The zero-order valence-corrected chi connectivity index (χ0v) is 16.1. The van der Waals surface area contributed by atoms with Gasteiger partial charge < -0.3 is 29.0 Å². The van der Waals surface area contributed by atoms with E-state index in [1.807, 2.05) is 31.2 Å². The Labute approximate surface area is 162 Å². The van der Waals surface area contributed by atoms with E-state index in [9.17, 15) is 0 Å². The number of hydrogen-bond acceptors (Lipinski definition) is 8. The second-order valence-electron chi connectivity index (χ2n) is 6.24. The average molecular weight is 383 g/mol. The molecule has 1 atom stereocenters. The number of nitrogens with one attached hydrogen (secondary N) is 1. The summed E-state index contributed by atoms with van der Waals surface area (Å²) in [6.07, 6.45) is 1.49. The van der Waals surface area contributed by atoms with Gasteiger partial charge in [-0.15, -0.1) is 0 Å². The zero-order chi connectivity index (χ0) is 19.7. The highest BCUT2D eigenvalue weighted by Gasteiger charge is 2.21. The van der Waals surface area contributed by atoms with E-state index in [4.69, 9.17) is 23.7 Å². The van der Waals surface area contributed by atoms with Crippen LogP contribution < -0.4 is 29.0 Å². The molecule has 1 N–H and O–H groups in total. The smallest absolute Gasteiger partial charge is 0.231 e. The molecule has 8 nitrogen and oxygen atoms in total. The van der Waals surface area contributed by atoms with Crippen molar-refractivity contribution in [2.75, 3.05) is 33.4 Å². The minimum absolute atomic E-state index is 0.0355. The molecule has 2 heterocycles. The molecule has 0 spiro atoms. The second-order valence-corrected chi connectivity index (χ2v) is 6.24. The quantitative estimate of drug-likeness (QED) is 0.692. The lowest BCUT2D eigenvalue weighted by molar-refractivity contribution is 0.174. The van der Waals surface area contributed by atoms with E-state index in [1.54, 1.807) is 21.3 Å². The first-order valence-electron chi connectivity index (χ1n) is 8.76. The minimum atomic E-state index is -0.0355. The number of rotatable bonds is 6. The van der Waals surface area contributed by atoms with Crippen molar-refractivity contribution in [3.05, 3.63) is 36.2 Å². The lowest BCUT2D eigenvalue weighted by atomic mass is 10.1. The summed E-state index contributed by atoms with van der Waals surface area (Å²) in [5.74, 6) is 3.69. The fourth-order valence-corrected chi connectivity index (χ4v) is 3.25. The third-order valence-electron chi connectivity index (χ3n) is 4.68. The van der Waals surface area contributed by atoms with Crippen molar-refractivity contribution in [1.82, 2.24) is 9.97 Å². The van der Waals surface area contributed by atoms with Gasteiger partial charge in [-0.2, -0.15) is 0 Å². The molecule has 1 unspecified atom stereocenters. The highest BCUT2D eigenvalue weighted by atomic mass is 16.7. The van der Waals surface area contributed by atoms with E-state index < -0.39 is 0 Å². The number of methoxy groups -OCH3 is 3. The molecule has 0 aliphatic carbocycles. The highest BCUT2D eigenvalue weighted by Crippen LogP contribution is 2.44. The molecule has 0 bridgehead atoms. The Morgan fingerprint density at radius 2 is 1.75 bits per heavy atom. The summed E-state index contributed by atoms with van der Waals surface area (Å²) in [5.41, 5.74) is 1.68. The molecule has 4 rings (SSSR count). The molecule has 1 aliphatic rings. The largest absolute Gasteiger partial charge is 0.493 e. The monoisotopic (exact) mass is 383 g/mol. The summed E-state index contributed by atoms with van der Waals surface area (Å²) in [6, 6.07) is 7.68. The van der Waals surface area contributed by atoms with Crippen LogP contribution >= 0.6 is 0 Å². The zero-order valence-electron chi connectivity index (χ0n) is 16.1. The van der Waals surface area contributed by atoms with Crippen molar-refractivity contribution in [3.8, 4) is 28.7 Å². The van der Waals surface area contributed by atoms with Crippen LogP contribution in [0.5, 0.6) is 28.7 Å². The maximum Gasteiger partial charge on any atom is 0.231 e. The van der Waals surface area contributed by atoms with Crippen LogP contribution in [0.25, 0.3) is 10.9 Å². The number of benzene rings is 2. The fraction of sp³-hybridized carbons (Fsp3) is 0.300. The fourth-order valence-electron chi connectivity index (χ4n) is 3.25. The van der Waals surface area contributed by atoms with Crippen molar-refractivity contribution in [2.24, 2.45) is 0 Å². The van der Waals surface area contributed by atoms with E-state index >= 15 is 0 Å². The molecule has 8 heteroatoms. The van der Waals surface area contributed by atoms with Gasteiger partial charge in [-0.25, -0.2) is 9.97 Å². The van der Waals surface area contributed by atoms with Gasteiger partial charge in [-0.05, 0) is 30.7 Å². The van der Waals surface area contributed by atoms with Crippen LogP contribution in [0.2, 0.25) is 0 Å². The van der Waals surface area contributed by atoms with Gasteiger partial charge in [0, 0.05) is 0 Å². The van der Waals surface area contributed by atoms with Gasteiger partial charge in [0.1, 0.15) is 17.7 Å². The molecule has 0 saturated heterocycles. The van der Waals surface area contributed by atoms with Crippen LogP contribution in [0, 0.1) is 0 Å². The van der Waals surface area contributed by atoms with Crippen LogP contribution in [0.4, 0.5) is 5.82 Å². The van der Waals surface area contributed by atoms with Crippen LogP contribution in [-0.2, 0) is 0 Å². The van der Waals surface area contributed by atoms with Gasteiger partial charge in [-0.3, -0.25) is 0 Å². The first-order valence-corrected chi connectivity index (χ1v) is 8.76. The Bertz CT molecular complexity index is 1020. The van der Waals surface area contributed by atoms with Crippen LogP contribution in [-0.4, -0.2) is 38.1 Å². The van der Waals surface area contributed by atoms with Crippen molar-refractivity contribution in [1.29, 1.82) is 0 Å². The van der Waals surface area contributed by atoms with E-state index in [2.05, 4.69) is 15.3 Å². The number of ether oxygens (including phenoxy) is 5. The van der Waals surface area contributed by atoms with Crippen molar-refractivity contribution >= 4 is 16.7 Å². The van der Waals surface area contributed by atoms with Crippen molar-refractivity contribution in [2.45, 2.75) is 13.0 Å². The van der Waals surface area contributed by atoms with Crippen molar-refractivity contribution in [3.63, 3.8) is 0 Å². The Hall–Kier alpha value is -3.42. The van der Waals surface area contributed by atoms with Crippen LogP contribution in [0.15, 0.2) is 30.6 Å². The van der Waals surface area contributed by atoms with Gasteiger partial charge in [0.15, 0.2) is 23.0 Å². The Balaban J connectivity index is 1.74. The first-order chi connectivity index (χ1) is 13.7. The summed E-state index contributed by atoms with van der Waals surface area (Å²) in [5, 5.41) is 4.20. The molecular formula is C20H21N3O5. The summed E-state index contributed by atoms with van der Waals surface area (Å²) in [6.45, 7) is 2.29. The first kappa shape index (κ1) is 18.0. The summed E-state index contributed by atoms with van der Waals surface area (Å²) >= 11 is 0. The van der Waals surface area contributed by atoms with Gasteiger partial charge in [0.25, 0.3) is 0 Å². The number of fused-ring (bicyclic) bond motifs is 2.